The van der Waals surface area contributed by atoms with Gasteiger partial charge in [-0.1, -0.05) is 12.1 Å². The molecule has 27 heteroatoms. The van der Waals surface area contributed by atoms with E-state index in [1.54, 1.807) is 0 Å². The lowest BCUT2D eigenvalue weighted by molar-refractivity contribution is -0.331. The number of rotatable bonds is 21. The first-order valence-electron chi connectivity index (χ1n) is 23.3. The summed E-state index contributed by atoms with van der Waals surface area (Å²) in [4.78, 5) is 137. The molecule has 12 atom stereocenters. The number of benzene rings is 1. The lowest BCUT2D eigenvalue weighted by Gasteiger charge is -2.45. The Morgan fingerprint density at radius 2 is 1.03 bits per heavy atom. The van der Waals surface area contributed by atoms with Crippen molar-refractivity contribution in [3.63, 3.8) is 0 Å². The zero-order chi connectivity index (χ0) is 56.6. The van der Waals surface area contributed by atoms with E-state index >= 15 is 0 Å². The van der Waals surface area contributed by atoms with Gasteiger partial charge in [0.25, 0.3) is 0 Å². The Labute approximate surface area is 434 Å². The SMILES string of the molecule is CC=C1C(OC2OC(COC(C)=O)C(OC(C)=O)C(OC(C)=O)C2OC(C)=O)OC=C(C(=O)OC)C1CC(=O)OCCc1ccc(OC2OC(COC(C)=O)C(OC(C)=O)C(OC(C)=O)C2OC(C)=O)c(OC(C)=O)c1. The molecule has 0 spiro atoms. The first-order chi connectivity index (χ1) is 35.8. The number of hydrogen-bond donors (Lipinski definition) is 0. The summed E-state index contributed by atoms with van der Waals surface area (Å²) in [6, 6.07) is 4.19. The van der Waals surface area contributed by atoms with Crippen molar-refractivity contribution in [1.29, 1.82) is 0 Å². The van der Waals surface area contributed by atoms with Crippen LogP contribution in [0.15, 0.2) is 41.7 Å². The van der Waals surface area contributed by atoms with Crippen molar-refractivity contribution in [2.24, 2.45) is 5.92 Å². The smallest absolute Gasteiger partial charge is 0.337 e. The average Bonchev–Trinajstić information content (AvgIpc) is 3.31. The maximum absolute atomic E-state index is 13.7. The lowest BCUT2D eigenvalue weighted by Crippen LogP contribution is -2.63. The highest BCUT2D eigenvalue weighted by atomic mass is 16.8. The summed E-state index contributed by atoms with van der Waals surface area (Å²) in [5, 5.41) is 0. The molecule has 3 heterocycles. The minimum Gasteiger partial charge on any atom is -0.468 e. The highest BCUT2D eigenvalue weighted by molar-refractivity contribution is 5.90. The molecule has 12 unspecified atom stereocenters. The molecule has 0 saturated carbocycles. The Hall–Kier alpha value is -7.65. The summed E-state index contributed by atoms with van der Waals surface area (Å²) >= 11 is 0. The number of esters is 11. The topological polar surface area (TPSA) is 335 Å². The second-order valence-corrected chi connectivity index (χ2v) is 16.8. The molecule has 1 aromatic carbocycles. The molecular formula is C49H60O27. The normalized spacial score (nSPS) is 26.3. The number of carbonyl (C=O) groups is 11. The van der Waals surface area contributed by atoms with E-state index in [0.717, 1.165) is 75.7 Å². The van der Waals surface area contributed by atoms with E-state index in [1.807, 2.05) is 0 Å². The summed E-state index contributed by atoms with van der Waals surface area (Å²) in [6.07, 6.45) is -15.2. The summed E-state index contributed by atoms with van der Waals surface area (Å²) in [5.74, 6) is -10.9. The zero-order valence-electron chi connectivity index (χ0n) is 43.4. The van der Waals surface area contributed by atoms with E-state index in [9.17, 15) is 52.7 Å². The van der Waals surface area contributed by atoms with Gasteiger partial charge in [-0.25, -0.2) is 4.79 Å². The predicted octanol–water partition coefficient (Wildman–Crippen LogP) is 1.63. The number of hydrogen-bond acceptors (Lipinski definition) is 27. The van der Waals surface area contributed by atoms with Crippen LogP contribution in [-0.4, -0.2) is 160 Å². The second-order valence-electron chi connectivity index (χ2n) is 16.8. The minimum absolute atomic E-state index is 0.0159. The average molecular weight is 1080 g/mol. The van der Waals surface area contributed by atoms with Gasteiger partial charge in [-0.3, -0.25) is 47.9 Å². The van der Waals surface area contributed by atoms with E-state index in [4.69, 9.17) is 75.8 Å². The van der Waals surface area contributed by atoms with E-state index in [2.05, 4.69) is 0 Å². The van der Waals surface area contributed by atoms with Gasteiger partial charge < -0.3 is 75.8 Å². The summed E-state index contributed by atoms with van der Waals surface area (Å²) in [5.41, 5.74) is 0.393. The summed E-state index contributed by atoms with van der Waals surface area (Å²) < 4.78 is 89.1. The van der Waals surface area contributed by atoms with Gasteiger partial charge in [0.1, 0.15) is 25.4 Å². The van der Waals surface area contributed by atoms with Crippen molar-refractivity contribution < 1.29 is 129 Å². The van der Waals surface area contributed by atoms with Gasteiger partial charge >= 0.3 is 65.7 Å². The van der Waals surface area contributed by atoms with Crippen molar-refractivity contribution in [1.82, 2.24) is 0 Å². The van der Waals surface area contributed by atoms with Crippen LogP contribution in [0.1, 0.15) is 81.2 Å². The molecule has 76 heavy (non-hydrogen) atoms. The Balaban J connectivity index is 1.59. The maximum Gasteiger partial charge on any atom is 0.337 e. The van der Waals surface area contributed by atoms with E-state index in [1.165, 1.54) is 31.2 Å². The molecule has 418 valence electrons. The predicted molar refractivity (Wildman–Crippen MR) is 245 cm³/mol. The second kappa shape index (κ2) is 28.3. The molecule has 0 radical (unpaired) electrons. The Kier molecular flexibility index (Phi) is 22.7. The molecule has 2 fully saturated rings. The lowest BCUT2D eigenvalue weighted by atomic mass is 9.86. The molecule has 1 aromatic rings. The third kappa shape index (κ3) is 17.7. The van der Waals surface area contributed by atoms with Crippen LogP contribution in [0.5, 0.6) is 11.5 Å². The summed E-state index contributed by atoms with van der Waals surface area (Å²) in [6.45, 7) is 9.72. The molecule has 27 nitrogen and oxygen atoms in total. The van der Waals surface area contributed by atoms with E-state index < -0.39 is 159 Å². The molecule has 0 bridgehead atoms. The number of carbonyl (C=O) groups excluding carboxylic acids is 11. The monoisotopic (exact) mass is 1080 g/mol. The quantitative estimate of drug-likeness (QED) is 0.0730. The van der Waals surface area contributed by atoms with Crippen LogP contribution in [-0.2, 0) is 125 Å². The van der Waals surface area contributed by atoms with Gasteiger partial charge in [-0.05, 0) is 24.6 Å². The van der Waals surface area contributed by atoms with Crippen molar-refractivity contribution in [2.75, 3.05) is 26.9 Å². The largest absolute Gasteiger partial charge is 0.468 e. The highest BCUT2D eigenvalue weighted by Gasteiger charge is 2.55. The van der Waals surface area contributed by atoms with Crippen molar-refractivity contribution in [3.8, 4) is 11.5 Å². The Bertz CT molecular complexity index is 2410. The molecule has 4 rings (SSSR count). The van der Waals surface area contributed by atoms with Gasteiger partial charge in [0.2, 0.25) is 25.0 Å². The number of methoxy groups -OCH3 is 1. The van der Waals surface area contributed by atoms with Gasteiger partial charge in [0.05, 0.1) is 32.0 Å². The summed E-state index contributed by atoms with van der Waals surface area (Å²) in [7, 11) is 1.10. The van der Waals surface area contributed by atoms with Crippen molar-refractivity contribution in [2.45, 2.75) is 150 Å². The zero-order valence-corrected chi connectivity index (χ0v) is 43.4. The molecule has 3 aliphatic heterocycles. The highest BCUT2D eigenvalue weighted by Crippen LogP contribution is 2.39. The molecule has 0 N–H and O–H groups in total. The van der Waals surface area contributed by atoms with Crippen LogP contribution >= 0.6 is 0 Å². The first-order valence-corrected chi connectivity index (χ1v) is 23.3. The van der Waals surface area contributed by atoms with E-state index in [-0.39, 0.29) is 35.7 Å². The Morgan fingerprint density at radius 3 is 1.49 bits per heavy atom. The maximum atomic E-state index is 13.7. The van der Waals surface area contributed by atoms with Gasteiger partial charge in [0.15, 0.2) is 42.0 Å². The van der Waals surface area contributed by atoms with Crippen LogP contribution in [0.25, 0.3) is 0 Å². The third-order valence-corrected chi connectivity index (χ3v) is 10.8. The van der Waals surface area contributed by atoms with Gasteiger partial charge in [-0.2, -0.15) is 0 Å². The number of ether oxygens (including phenoxy) is 16. The van der Waals surface area contributed by atoms with Gasteiger partial charge in [0, 0.05) is 80.2 Å². The first kappa shape index (κ1) is 60.9. The Morgan fingerprint density at radius 1 is 0.553 bits per heavy atom. The fourth-order valence-corrected chi connectivity index (χ4v) is 8.00. The van der Waals surface area contributed by atoms with Crippen LogP contribution in [0.2, 0.25) is 0 Å². The molecule has 2 saturated heterocycles. The van der Waals surface area contributed by atoms with Crippen LogP contribution in [0.4, 0.5) is 0 Å². The molecule has 0 aliphatic carbocycles. The molecule has 3 aliphatic rings. The van der Waals surface area contributed by atoms with E-state index in [0.29, 0.717) is 5.56 Å². The fraction of sp³-hybridized carbons (Fsp3) is 0.571. The molecule has 0 aromatic heterocycles. The number of allylic oxidation sites excluding steroid dienone is 1. The standard InChI is InChI=1S/C49H60O27/c1-12-32-33(34(46(60)61-11)19-65-47(32)76-49-45(72-30(10)58)43(70-28(8)56)41(68-26(6)54)38(75-49)21-64-23(3)51)18-39(59)62-16-15-31-13-14-35(36(17-31)66-24(4)52)73-48-44(71-29(9)57)42(69-27(7)55)40(67-25(5)53)37(74-48)20-63-22(2)50/h12-14,17,19,33,37-38,40-45,47-49H,15-16,18,20-21H2,1-11H3. The third-order valence-electron chi connectivity index (χ3n) is 10.8. The van der Waals surface area contributed by atoms with Crippen LogP contribution < -0.4 is 9.47 Å². The van der Waals surface area contributed by atoms with Crippen LogP contribution in [0, 0.1) is 5.92 Å². The minimum atomic E-state index is -1.72. The van der Waals surface area contributed by atoms with Crippen molar-refractivity contribution >= 4 is 65.7 Å². The fourth-order valence-electron chi connectivity index (χ4n) is 8.00. The molecule has 0 amide bonds. The van der Waals surface area contributed by atoms with Crippen LogP contribution in [0.3, 0.4) is 0 Å². The van der Waals surface area contributed by atoms with Crippen molar-refractivity contribution in [3.05, 3.63) is 47.2 Å². The van der Waals surface area contributed by atoms with Gasteiger partial charge in [-0.15, -0.1) is 0 Å². The molecular weight excluding hydrogens is 1020 g/mol.